The van der Waals surface area contributed by atoms with Crippen molar-refractivity contribution in [1.29, 1.82) is 0 Å². The molecule has 1 aliphatic heterocycles. The van der Waals surface area contributed by atoms with E-state index < -0.39 is 0 Å². The van der Waals surface area contributed by atoms with Crippen LogP contribution in [0, 0.1) is 23.2 Å². The first-order chi connectivity index (χ1) is 8.32. The Labute approximate surface area is 114 Å². The van der Waals surface area contributed by atoms with E-state index >= 15 is 0 Å². The highest BCUT2D eigenvalue weighted by Crippen LogP contribution is 2.33. The smallest absolute Gasteiger partial charge is 0.00151 e. The normalized spacial score (nSPS) is 23.8. The summed E-state index contributed by atoms with van der Waals surface area (Å²) >= 11 is 0. The molecule has 2 unspecified atom stereocenters. The molecule has 0 spiro atoms. The molecule has 1 aliphatic rings. The van der Waals surface area contributed by atoms with Crippen LogP contribution in [0.2, 0.25) is 0 Å². The Morgan fingerprint density at radius 3 is 2.39 bits per heavy atom. The van der Waals surface area contributed by atoms with Crippen LogP contribution in [0.15, 0.2) is 0 Å². The van der Waals surface area contributed by atoms with Gasteiger partial charge < -0.3 is 10.6 Å². The van der Waals surface area contributed by atoms with Crippen molar-refractivity contribution in [3.8, 4) is 0 Å². The molecule has 0 aliphatic carbocycles. The second-order valence-corrected chi connectivity index (χ2v) is 7.67. The molecule has 1 fully saturated rings. The molecule has 108 valence electrons. The quantitative estimate of drug-likeness (QED) is 0.787. The first-order valence-corrected chi connectivity index (χ1v) is 7.75. The lowest BCUT2D eigenvalue weighted by atomic mass is 9.80. The van der Waals surface area contributed by atoms with Crippen LogP contribution < -0.4 is 5.73 Å². The predicted molar refractivity (Wildman–Crippen MR) is 80.6 cm³/mol. The third kappa shape index (κ3) is 5.27. The maximum Gasteiger partial charge on any atom is 0.00151 e. The fourth-order valence-electron chi connectivity index (χ4n) is 3.11. The maximum absolute atomic E-state index is 5.88. The minimum absolute atomic E-state index is 0.472. The summed E-state index contributed by atoms with van der Waals surface area (Å²) in [6.07, 6.45) is 3.94. The molecule has 2 nitrogen and oxygen atoms in total. The van der Waals surface area contributed by atoms with E-state index in [4.69, 9.17) is 5.73 Å². The van der Waals surface area contributed by atoms with Crippen LogP contribution in [0.4, 0.5) is 0 Å². The van der Waals surface area contributed by atoms with E-state index in [9.17, 15) is 0 Å². The van der Waals surface area contributed by atoms with Gasteiger partial charge in [0, 0.05) is 6.54 Å². The molecular weight excluding hydrogens is 220 g/mol. The Kier molecular flexibility index (Phi) is 6.13. The largest absolute Gasteiger partial charge is 0.330 e. The SMILES string of the molecule is CC(C)CC(CN)CCN1CCC(C(C)(C)C)C1. The van der Waals surface area contributed by atoms with Gasteiger partial charge in [0.1, 0.15) is 0 Å². The Morgan fingerprint density at radius 2 is 1.94 bits per heavy atom. The second-order valence-electron chi connectivity index (χ2n) is 7.67. The number of nitrogens with two attached hydrogens (primary N) is 1. The van der Waals surface area contributed by atoms with Gasteiger partial charge in [0.05, 0.1) is 0 Å². The molecule has 0 bridgehead atoms. The monoisotopic (exact) mass is 254 g/mol. The highest BCUT2D eigenvalue weighted by atomic mass is 15.1. The van der Waals surface area contributed by atoms with E-state index in [0.29, 0.717) is 5.41 Å². The van der Waals surface area contributed by atoms with Crippen molar-refractivity contribution in [3.05, 3.63) is 0 Å². The van der Waals surface area contributed by atoms with E-state index in [-0.39, 0.29) is 0 Å². The highest BCUT2D eigenvalue weighted by molar-refractivity contribution is 4.84. The molecule has 1 heterocycles. The molecule has 2 N–H and O–H groups in total. The Morgan fingerprint density at radius 1 is 1.28 bits per heavy atom. The van der Waals surface area contributed by atoms with Gasteiger partial charge in [-0.15, -0.1) is 0 Å². The number of likely N-dealkylation sites (tertiary alicyclic amines) is 1. The van der Waals surface area contributed by atoms with E-state index in [0.717, 1.165) is 24.3 Å². The topological polar surface area (TPSA) is 29.3 Å². The Bertz CT molecular complexity index is 230. The summed E-state index contributed by atoms with van der Waals surface area (Å²) in [4.78, 5) is 2.65. The van der Waals surface area contributed by atoms with E-state index in [1.807, 2.05) is 0 Å². The average Bonchev–Trinajstić information content (AvgIpc) is 2.71. The van der Waals surface area contributed by atoms with Gasteiger partial charge in [-0.1, -0.05) is 34.6 Å². The average molecular weight is 254 g/mol. The van der Waals surface area contributed by atoms with Crippen molar-refractivity contribution in [3.63, 3.8) is 0 Å². The van der Waals surface area contributed by atoms with Crippen molar-refractivity contribution in [2.24, 2.45) is 28.9 Å². The Hall–Kier alpha value is -0.0800. The lowest BCUT2D eigenvalue weighted by Gasteiger charge is -2.27. The van der Waals surface area contributed by atoms with Crippen LogP contribution >= 0.6 is 0 Å². The minimum Gasteiger partial charge on any atom is -0.330 e. The Balaban J connectivity index is 2.28. The fourth-order valence-corrected chi connectivity index (χ4v) is 3.11. The number of nitrogens with zero attached hydrogens (tertiary/aromatic N) is 1. The molecular formula is C16H34N2. The summed E-state index contributed by atoms with van der Waals surface area (Å²) < 4.78 is 0. The third-order valence-electron chi connectivity index (χ3n) is 4.49. The van der Waals surface area contributed by atoms with E-state index in [2.05, 4.69) is 39.5 Å². The van der Waals surface area contributed by atoms with Gasteiger partial charge in [0.25, 0.3) is 0 Å². The molecule has 1 rings (SSSR count). The number of hydrogen-bond acceptors (Lipinski definition) is 2. The van der Waals surface area contributed by atoms with Gasteiger partial charge in [0.2, 0.25) is 0 Å². The van der Waals surface area contributed by atoms with E-state index in [1.54, 1.807) is 0 Å². The summed E-state index contributed by atoms with van der Waals surface area (Å²) in [5.74, 6) is 2.37. The van der Waals surface area contributed by atoms with Gasteiger partial charge in [-0.05, 0) is 62.1 Å². The summed E-state index contributed by atoms with van der Waals surface area (Å²) in [5.41, 5.74) is 6.36. The zero-order valence-electron chi connectivity index (χ0n) is 13.2. The second kappa shape index (κ2) is 6.91. The fraction of sp³-hybridized carbons (Fsp3) is 1.00. The lowest BCUT2D eigenvalue weighted by Crippen LogP contribution is -2.29. The molecule has 1 saturated heterocycles. The molecule has 0 saturated carbocycles. The standard InChI is InChI=1S/C16H34N2/c1-13(2)10-14(11-17)6-8-18-9-7-15(12-18)16(3,4)5/h13-15H,6-12,17H2,1-5H3. The summed E-state index contributed by atoms with van der Waals surface area (Å²) in [5, 5.41) is 0. The van der Waals surface area contributed by atoms with Crippen LogP contribution in [0.3, 0.4) is 0 Å². The summed E-state index contributed by atoms with van der Waals surface area (Å²) in [7, 11) is 0. The van der Waals surface area contributed by atoms with Gasteiger partial charge in [-0.3, -0.25) is 0 Å². The van der Waals surface area contributed by atoms with Crippen LogP contribution in [0.25, 0.3) is 0 Å². The molecule has 0 aromatic heterocycles. The molecule has 0 radical (unpaired) electrons. The molecule has 0 aromatic carbocycles. The van der Waals surface area contributed by atoms with Crippen LogP contribution in [-0.2, 0) is 0 Å². The molecule has 0 aromatic rings. The van der Waals surface area contributed by atoms with Crippen molar-refractivity contribution in [2.75, 3.05) is 26.2 Å². The highest BCUT2D eigenvalue weighted by Gasteiger charge is 2.31. The van der Waals surface area contributed by atoms with Crippen molar-refractivity contribution in [1.82, 2.24) is 4.90 Å². The molecule has 18 heavy (non-hydrogen) atoms. The zero-order chi connectivity index (χ0) is 13.8. The van der Waals surface area contributed by atoms with Crippen LogP contribution in [0.1, 0.15) is 53.9 Å². The van der Waals surface area contributed by atoms with Crippen molar-refractivity contribution < 1.29 is 0 Å². The van der Waals surface area contributed by atoms with Gasteiger partial charge in [0.15, 0.2) is 0 Å². The van der Waals surface area contributed by atoms with Crippen molar-refractivity contribution in [2.45, 2.75) is 53.9 Å². The van der Waals surface area contributed by atoms with Crippen molar-refractivity contribution >= 4 is 0 Å². The van der Waals surface area contributed by atoms with Crippen LogP contribution in [0.5, 0.6) is 0 Å². The molecule has 2 heteroatoms. The molecule has 0 amide bonds. The predicted octanol–water partition coefficient (Wildman–Crippen LogP) is 3.37. The zero-order valence-corrected chi connectivity index (χ0v) is 13.2. The van der Waals surface area contributed by atoms with Gasteiger partial charge >= 0.3 is 0 Å². The lowest BCUT2D eigenvalue weighted by molar-refractivity contribution is 0.220. The first-order valence-electron chi connectivity index (χ1n) is 7.75. The molecule has 2 atom stereocenters. The maximum atomic E-state index is 5.88. The summed E-state index contributed by atoms with van der Waals surface area (Å²) in [6, 6.07) is 0. The van der Waals surface area contributed by atoms with E-state index in [1.165, 1.54) is 38.9 Å². The van der Waals surface area contributed by atoms with Crippen LogP contribution in [-0.4, -0.2) is 31.1 Å². The van der Waals surface area contributed by atoms with Gasteiger partial charge in [-0.25, -0.2) is 0 Å². The number of hydrogen-bond donors (Lipinski definition) is 1. The third-order valence-corrected chi connectivity index (χ3v) is 4.49. The van der Waals surface area contributed by atoms with Gasteiger partial charge in [-0.2, -0.15) is 0 Å². The summed E-state index contributed by atoms with van der Waals surface area (Å²) in [6.45, 7) is 16.4. The first kappa shape index (κ1) is 16.0. The number of rotatable bonds is 6. The minimum atomic E-state index is 0.472.